The lowest BCUT2D eigenvalue weighted by atomic mass is 9.82. The number of carboxylic acid groups (broad SMARTS) is 1. The van der Waals surface area contributed by atoms with Crippen LogP contribution in [0.2, 0.25) is 0 Å². The first kappa shape index (κ1) is 12.3. The molecule has 1 aromatic rings. The molecule has 0 spiro atoms. The van der Waals surface area contributed by atoms with Gasteiger partial charge >= 0.3 is 5.97 Å². The zero-order valence-electron chi connectivity index (χ0n) is 10.1. The standard InChI is InChI=1S/C12H12N2O4S/c1-5-4-19-12(13-5)14-10(15)8-6-2-3-7(18-6)9(8)11(16)17/h2-4,6-9H,1H3,(H,16,17)(H,13,14,15)/t6-,7+,8?,9?/m1/s1. The average molecular weight is 280 g/mol. The van der Waals surface area contributed by atoms with E-state index in [-0.39, 0.29) is 5.91 Å². The molecule has 7 heteroatoms. The molecule has 0 saturated carbocycles. The Balaban J connectivity index is 1.79. The normalized spacial score (nSPS) is 31.6. The van der Waals surface area contributed by atoms with Gasteiger partial charge in [-0.25, -0.2) is 4.98 Å². The fourth-order valence-corrected chi connectivity index (χ4v) is 3.21. The Morgan fingerprint density at radius 1 is 1.37 bits per heavy atom. The van der Waals surface area contributed by atoms with Gasteiger partial charge in [0, 0.05) is 5.38 Å². The number of carboxylic acids is 1. The van der Waals surface area contributed by atoms with Gasteiger partial charge in [0.15, 0.2) is 5.13 Å². The van der Waals surface area contributed by atoms with E-state index in [1.54, 1.807) is 12.2 Å². The highest BCUT2D eigenvalue weighted by Gasteiger charge is 2.53. The van der Waals surface area contributed by atoms with Crippen LogP contribution >= 0.6 is 11.3 Å². The van der Waals surface area contributed by atoms with Gasteiger partial charge in [0.05, 0.1) is 23.8 Å². The summed E-state index contributed by atoms with van der Waals surface area (Å²) in [5.41, 5.74) is 0.819. The molecule has 1 aromatic heterocycles. The molecule has 19 heavy (non-hydrogen) atoms. The monoisotopic (exact) mass is 280 g/mol. The molecule has 0 radical (unpaired) electrons. The van der Waals surface area contributed by atoms with Crippen LogP contribution in [-0.4, -0.2) is 34.2 Å². The summed E-state index contributed by atoms with van der Waals surface area (Å²) in [5.74, 6) is -2.88. The van der Waals surface area contributed by atoms with Crippen LogP contribution in [0.25, 0.3) is 0 Å². The first-order valence-corrected chi connectivity index (χ1v) is 6.74. The van der Waals surface area contributed by atoms with Crippen molar-refractivity contribution >= 4 is 28.3 Å². The van der Waals surface area contributed by atoms with Gasteiger partial charge in [0.1, 0.15) is 5.92 Å². The maximum absolute atomic E-state index is 12.2. The lowest BCUT2D eigenvalue weighted by molar-refractivity contribution is -0.145. The molecule has 2 unspecified atom stereocenters. The number of aliphatic carboxylic acids is 1. The minimum absolute atomic E-state index is 0.349. The molecule has 2 N–H and O–H groups in total. The third kappa shape index (κ3) is 2.04. The van der Waals surface area contributed by atoms with E-state index in [0.717, 1.165) is 5.69 Å². The molecule has 6 nitrogen and oxygen atoms in total. The molecule has 4 atom stereocenters. The number of carbonyl (C=O) groups is 2. The van der Waals surface area contributed by atoms with E-state index in [0.29, 0.717) is 5.13 Å². The van der Waals surface area contributed by atoms with Crippen LogP contribution < -0.4 is 5.32 Å². The predicted molar refractivity (Wildman–Crippen MR) is 67.9 cm³/mol. The van der Waals surface area contributed by atoms with E-state index < -0.39 is 30.0 Å². The lowest BCUT2D eigenvalue weighted by Crippen LogP contribution is -2.39. The van der Waals surface area contributed by atoms with Crippen molar-refractivity contribution in [3.63, 3.8) is 0 Å². The molecule has 0 aromatic carbocycles. The fourth-order valence-electron chi connectivity index (χ4n) is 2.52. The van der Waals surface area contributed by atoms with E-state index in [9.17, 15) is 14.7 Å². The van der Waals surface area contributed by atoms with Gasteiger partial charge in [-0.15, -0.1) is 11.3 Å². The number of nitrogens with one attached hydrogen (secondary N) is 1. The first-order chi connectivity index (χ1) is 9.06. The smallest absolute Gasteiger partial charge is 0.310 e. The molecule has 3 rings (SSSR count). The van der Waals surface area contributed by atoms with E-state index in [1.807, 2.05) is 12.3 Å². The average Bonchev–Trinajstić information content (AvgIpc) is 3.03. The SMILES string of the molecule is Cc1csc(NC(=O)C2C(C(=O)O)[C@@H]3C=C[C@H]2O3)n1. The van der Waals surface area contributed by atoms with Crippen molar-refractivity contribution in [3.8, 4) is 0 Å². The van der Waals surface area contributed by atoms with Gasteiger partial charge in [0.2, 0.25) is 5.91 Å². The summed E-state index contributed by atoms with van der Waals surface area (Å²) in [6.45, 7) is 1.83. The number of hydrogen-bond donors (Lipinski definition) is 2. The maximum Gasteiger partial charge on any atom is 0.310 e. The van der Waals surface area contributed by atoms with Crippen LogP contribution in [0.3, 0.4) is 0 Å². The second-order valence-corrected chi connectivity index (χ2v) is 5.48. The molecule has 0 aliphatic carbocycles. The van der Waals surface area contributed by atoms with Crippen LogP contribution in [-0.2, 0) is 14.3 Å². The van der Waals surface area contributed by atoms with E-state index in [2.05, 4.69) is 10.3 Å². The molecule has 3 heterocycles. The molecular formula is C12H12N2O4S. The molecule has 1 amide bonds. The summed E-state index contributed by atoms with van der Waals surface area (Å²) in [4.78, 5) is 27.6. The van der Waals surface area contributed by atoms with Gasteiger partial charge in [-0.2, -0.15) is 0 Å². The number of hydrogen-bond acceptors (Lipinski definition) is 5. The van der Waals surface area contributed by atoms with Crippen LogP contribution in [0.4, 0.5) is 5.13 Å². The number of nitrogens with zero attached hydrogens (tertiary/aromatic N) is 1. The van der Waals surface area contributed by atoms with Crippen molar-refractivity contribution in [2.45, 2.75) is 19.1 Å². The quantitative estimate of drug-likeness (QED) is 0.808. The second kappa shape index (κ2) is 4.43. The van der Waals surface area contributed by atoms with Crippen LogP contribution in [0, 0.1) is 18.8 Å². The summed E-state index contributed by atoms with van der Waals surface area (Å²) < 4.78 is 5.45. The van der Waals surface area contributed by atoms with Crippen molar-refractivity contribution in [3.05, 3.63) is 23.2 Å². The van der Waals surface area contributed by atoms with Crippen molar-refractivity contribution in [1.82, 2.24) is 4.98 Å². The number of anilines is 1. The number of fused-ring (bicyclic) bond motifs is 2. The molecule has 1 fully saturated rings. The van der Waals surface area contributed by atoms with Crippen LogP contribution in [0.5, 0.6) is 0 Å². The Morgan fingerprint density at radius 3 is 2.63 bits per heavy atom. The van der Waals surface area contributed by atoms with E-state index in [1.165, 1.54) is 11.3 Å². The number of aromatic nitrogens is 1. The van der Waals surface area contributed by atoms with Crippen molar-refractivity contribution < 1.29 is 19.4 Å². The summed E-state index contributed by atoms with van der Waals surface area (Å²) in [5, 5.41) is 14.2. The van der Waals surface area contributed by atoms with Gasteiger partial charge in [0.25, 0.3) is 0 Å². The van der Waals surface area contributed by atoms with E-state index in [4.69, 9.17) is 4.74 Å². The zero-order valence-corrected chi connectivity index (χ0v) is 10.9. The molecule has 1 saturated heterocycles. The van der Waals surface area contributed by atoms with Gasteiger partial charge in [-0.1, -0.05) is 12.2 Å². The van der Waals surface area contributed by atoms with Crippen LogP contribution in [0.15, 0.2) is 17.5 Å². The summed E-state index contributed by atoms with van der Waals surface area (Å²) in [6, 6.07) is 0. The Kier molecular flexibility index (Phi) is 2.87. The van der Waals surface area contributed by atoms with Gasteiger partial charge in [-0.3, -0.25) is 9.59 Å². The molecule has 2 aliphatic rings. The topological polar surface area (TPSA) is 88.5 Å². The highest BCUT2D eigenvalue weighted by molar-refractivity contribution is 7.13. The summed E-state index contributed by atoms with van der Waals surface area (Å²) >= 11 is 1.32. The third-order valence-electron chi connectivity index (χ3n) is 3.34. The maximum atomic E-state index is 12.2. The number of carbonyl (C=O) groups excluding carboxylic acids is 1. The fraction of sp³-hybridized carbons (Fsp3) is 0.417. The molecule has 2 aliphatic heterocycles. The van der Waals surface area contributed by atoms with Crippen LogP contribution in [0.1, 0.15) is 5.69 Å². The Morgan fingerprint density at radius 2 is 2.05 bits per heavy atom. The number of rotatable bonds is 3. The van der Waals surface area contributed by atoms with Crippen molar-refractivity contribution in [1.29, 1.82) is 0 Å². The van der Waals surface area contributed by atoms with Crippen molar-refractivity contribution in [2.75, 3.05) is 5.32 Å². The highest BCUT2D eigenvalue weighted by Crippen LogP contribution is 2.39. The number of amides is 1. The minimum atomic E-state index is -1.01. The van der Waals surface area contributed by atoms with Gasteiger partial charge in [-0.05, 0) is 6.92 Å². The molecule has 2 bridgehead atoms. The number of ether oxygens (including phenoxy) is 1. The number of aryl methyl sites for hydroxylation is 1. The minimum Gasteiger partial charge on any atom is -0.481 e. The Bertz CT molecular complexity index is 568. The predicted octanol–water partition coefficient (Wildman–Crippen LogP) is 1.04. The lowest BCUT2D eigenvalue weighted by Gasteiger charge is -2.20. The zero-order chi connectivity index (χ0) is 13.6. The highest BCUT2D eigenvalue weighted by atomic mass is 32.1. The first-order valence-electron chi connectivity index (χ1n) is 5.86. The second-order valence-electron chi connectivity index (χ2n) is 4.62. The number of thiazole rings is 1. The summed E-state index contributed by atoms with van der Waals surface area (Å²) in [6.07, 6.45) is 2.51. The Hall–Kier alpha value is -1.73. The molecule has 100 valence electrons. The van der Waals surface area contributed by atoms with E-state index >= 15 is 0 Å². The van der Waals surface area contributed by atoms with Gasteiger partial charge < -0.3 is 15.2 Å². The molecular weight excluding hydrogens is 268 g/mol. The Labute approximate surface area is 113 Å². The third-order valence-corrected chi connectivity index (χ3v) is 4.21. The largest absolute Gasteiger partial charge is 0.481 e. The van der Waals surface area contributed by atoms with Crippen molar-refractivity contribution in [2.24, 2.45) is 11.8 Å². The summed E-state index contributed by atoms with van der Waals surface area (Å²) in [7, 11) is 0.